The van der Waals surface area contributed by atoms with E-state index in [9.17, 15) is 4.79 Å². The van der Waals surface area contributed by atoms with Crippen LogP contribution in [0.4, 0.5) is 0 Å². The first-order valence-corrected chi connectivity index (χ1v) is 7.30. The second-order valence-corrected chi connectivity index (χ2v) is 5.79. The van der Waals surface area contributed by atoms with Crippen LogP contribution >= 0.6 is 0 Å². The molecule has 0 aromatic rings. The van der Waals surface area contributed by atoms with Gasteiger partial charge in [0.05, 0.1) is 11.6 Å². The molecule has 3 unspecified atom stereocenters. The smallest absolute Gasteiger partial charge is 0.240 e. The predicted octanol–water partition coefficient (Wildman–Crippen LogP) is 1.45. The summed E-state index contributed by atoms with van der Waals surface area (Å²) >= 11 is 0. The van der Waals surface area contributed by atoms with Gasteiger partial charge in [0.15, 0.2) is 0 Å². The minimum absolute atomic E-state index is 0.156. The fraction of sp³-hybridized carbons (Fsp3) is 0.929. The second-order valence-electron chi connectivity index (χ2n) is 5.79. The SMILES string of the molecule is CCC1OCCC1CNC(=O)C1(C)CCCCN1. The van der Waals surface area contributed by atoms with Gasteiger partial charge in [0.1, 0.15) is 0 Å². The average molecular weight is 254 g/mol. The maximum absolute atomic E-state index is 12.3. The molecule has 2 rings (SSSR count). The Balaban J connectivity index is 1.80. The number of nitrogens with one attached hydrogen (secondary N) is 2. The molecule has 1 amide bonds. The van der Waals surface area contributed by atoms with Crippen molar-refractivity contribution < 1.29 is 9.53 Å². The number of hydrogen-bond donors (Lipinski definition) is 2. The molecular weight excluding hydrogens is 228 g/mol. The second kappa shape index (κ2) is 6.02. The van der Waals surface area contributed by atoms with Crippen molar-refractivity contribution >= 4 is 5.91 Å². The molecular formula is C14H26N2O2. The van der Waals surface area contributed by atoms with Crippen molar-refractivity contribution in [2.24, 2.45) is 5.92 Å². The molecule has 0 saturated carbocycles. The normalized spacial score (nSPS) is 36.6. The van der Waals surface area contributed by atoms with Gasteiger partial charge in [-0.15, -0.1) is 0 Å². The van der Waals surface area contributed by atoms with Gasteiger partial charge in [-0.3, -0.25) is 4.79 Å². The minimum Gasteiger partial charge on any atom is -0.378 e. The van der Waals surface area contributed by atoms with Gasteiger partial charge in [-0.2, -0.15) is 0 Å². The quantitative estimate of drug-likeness (QED) is 0.798. The highest BCUT2D eigenvalue weighted by Crippen LogP contribution is 2.23. The third kappa shape index (κ3) is 3.04. The largest absolute Gasteiger partial charge is 0.378 e. The van der Waals surface area contributed by atoms with Crippen molar-refractivity contribution in [2.45, 2.75) is 57.6 Å². The Morgan fingerprint density at radius 1 is 1.50 bits per heavy atom. The van der Waals surface area contributed by atoms with E-state index in [0.29, 0.717) is 12.0 Å². The van der Waals surface area contributed by atoms with Crippen molar-refractivity contribution in [1.82, 2.24) is 10.6 Å². The summed E-state index contributed by atoms with van der Waals surface area (Å²) in [6.45, 7) is 6.72. The molecule has 4 heteroatoms. The fourth-order valence-corrected chi connectivity index (χ4v) is 3.05. The first kappa shape index (κ1) is 13.8. The molecule has 0 bridgehead atoms. The predicted molar refractivity (Wildman–Crippen MR) is 71.4 cm³/mol. The maximum atomic E-state index is 12.3. The van der Waals surface area contributed by atoms with Crippen LogP contribution in [0, 0.1) is 5.92 Å². The lowest BCUT2D eigenvalue weighted by Crippen LogP contribution is -2.57. The topological polar surface area (TPSA) is 50.4 Å². The highest BCUT2D eigenvalue weighted by atomic mass is 16.5. The van der Waals surface area contributed by atoms with Crippen molar-refractivity contribution in [3.8, 4) is 0 Å². The summed E-state index contributed by atoms with van der Waals surface area (Å²) < 4.78 is 5.65. The number of hydrogen-bond acceptors (Lipinski definition) is 3. The van der Waals surface area contributed by atoms with E-state index in [1.807, 2.05) is 6.92 Å². The number of amides is 1. The van der Waals surface area contributed by atoms with E-state index >= 15 is 0 Å². The third-order valence-corrected chi connectivity index (χ3v) is 4.39. The van der Waals surface area contributed by atoms with Crippen LogP contribution in [0.2, 0.25) is 0 Å². The molecule has 2 aliphatic heterocycles. The van der Waals surface area contributed by atoms with E-state index in [2.05, 4.69) is 17.6 Å². The van der Waals surface area contributed by atoms with Crippen LogP contribution < -0.4 is 10.6 Å². The molecule has 0 radical (unpaired) electrons. The van der Waals surface area contributed by atoms with Gasteiger partial charge in [-0.25, -0.2) is 0 Å². The fourth-order valence-electron chi connectivity index (χ4n) is 3.05. The van der Waals surface area contributed by atoms with Crippen LogP contribution in [0.1, 0.15) is 46.0 Å². The van der Waals surface area contributed by atoms with Crippen molar-refractivity contribution in [1.29, 1.82) is 0 Å². The van der Waals surface area contributed by atoms with Crippen LogP contribution in [0.3, 0.4) is 0 Å². The van der Waals surface area contributed by atoms with Crippen LogP contribution in [0.5, 0.6) is 0 Å². The Hall–Kier alpha value is -0.610. The Bertz CT molecular complexity index is 288. The zero-order valence-electron chi connectivity index (χ0n) is 11.6. The number of carbonyl (C=O) groups is 1. The molecule has 3 atom stereocenters. The molecule has 4 nitrogen and oxygen atoms in total. The monoisotopic (exact) mass is 254 g/mol. The average Bonchev–Trinajstić information content (AvgIpc) is 2.84. The summed E-state index contributed by atoms with van der Waals surface area (Å²) in [5.74, 6) is 0.648. The molecule has 2 aliphatic rings. The zero-order valence-corrected chi connectivity index (χ0v) is 11.6. The van der Waals surface area contributed by atoms with Gasteiger partial charge in [0.2, 0.25) is 5.91 Å². The molecule has 0 aliphatic carbocycles. The lowest BCUT2D eigenvalue weighted by molar-refractivity contribution is -0.128. The Morgan fingerprint density at radius 2 is 2.33 bits per heavy atom. The van der Waals surface area contributed by atoms with E-state index in [1.165, 1.54) is 6.42 Å². The highest BCUT2D eigenvalue weighted by molar-refractivity contribution is 5.85. The molecule has 2 saturated heterocycles. The van der Waals surface area contributed by atoms with Crippen LogP contribution in [0.25, 0.3) is 0 Å². The molecule has 2 heterocycles. The standard InChI is InChI=1S/C14H26N2O2/c1-3-12-11(6-9-18-12)10-15-13(17)14(2)7-4-5-8-16-14/h11-12,16H,3-10H2,1-2H3,(H,15,17). The number of piperidine rings is 1. The van der Waals surface area contributed by atoms with E-state index in [4.69, 9.17) is 4.74 Å². The van der Waals surface area contributed by atoms with Crippen LogP contribution in [-0.2, 0) is 9.53 Å². The summed E-state index contributed by atoms with van der Waals surface area (Å²) in [7, 11) is 0. The zero-order chi connectivity index (χ0) is 13.0. The summed E-state index contributed by atoms with van der Waals surface area (Å²) in [5.41, 5.74) is -0.362. The Kier molecular flexibility index (Phi) is 4.62. The van der Waals surface area contributed by atoms with E-state index in [1.54, 1.807) is 0 Å². The van der Waals surface area contributed by atoms with Crippen LogP contribution in [0.15, 0.2) is 0 Å². The molecule has 2 N–H and O–H groups in total. The molecule has 18 heavy (non-hydrogen) atoms. The Morgan fingerprint density at radius 3 is 3.00 bits per heavy atom. The van der Waals surface area contributed by atoms with E-state index in [-0.39, 0.29) is 11.4 Å². The minimum atomic E-state index is -0.362. The highest BCUT2D eigenvalue weighted by Gasteiger charge is 2.35. The summed E-state index contributed by atoms with van der Waals surface area (Å²) in [4.78, 5) is 12.3. The van der Waals surface area contributed by atoms with Gasteiger partial charge in [-0.05, 0) is 45.6 Å². The van der Waals surface area contributed by atoms with Crippen molar-refractivity contribution in [3.05, 3.63) is 0 Å². The summed E-state index contributed by atoms with van der Waals surface area (Å²) in [6.07, 6.45) is 5.70. The number of rotatable bonds is 4. The van der Waals surface area contributed by atoms with Gasteiger partial charge in [0, 0.05) is 19.1 Å². The van der Waals surface area contributed by atoms with Crippen molar-refractivity contribution in [3.63, 3.8) is 0 Å². The molecule has 2 fully saturated rings. The van der Waals surface area contributed by atoms with Crippen molar-refractivity contribution in [2.75, 3.05) is 19.7 Å². The first-order valence-electron chi connectivity index (χ1n) is 7.30. The van der Waals surface area contributed by atoms with E-state index in [0.717, 1.165) is 45.4 Å². The number of ether oxygens (including phenoxy) is 1. The summed E-state index contributed by atoms with van der Waals surface area (Å²) in [5, 5.41) is 6.47. The van der Waals surface area contributed by atoms with Gasteiger partial charge < -0.3 is 15.4 Å². The molecule has 104 valence electrons. The van der Waals surface area contributed by atoms with Gasteiger partial charge in [0.25, 0.3) is 0 Å². The first-order chi connectivity index (χ1) is 8.65. The number of carbonyl (C=O) groups excluding carboxylic acids is 1. The van der Waals surface area contributed by atoms with Gasteiger partial charge in [-0.1, -0.05) is 6.92 Å². The third-order valence-electron chi connectivity index (χ3n) is 4.39. The van der Waals surface area contributed by atoms with Crippen LogP contribution in [-0.4, -0.2) is 37.2 Å². The Labute approximate surface area is 110 Å². The molecule has 0 aromatic carbocycles. The lowest BCUT2D eigenvalue weighted by Gasteiger charge is -2.34. The molecule has 0 spiro atoms. The molecule has 0 aromatic heterocycles. The van der Waals surface area contributed by atoms with E-state index < -0.39 is 0 Å². The maximum Gasteiger partial charge on any atom is 0.240 e. The lowest BCUT2D eigenvalue weighted by atomic mass is 9.89. The van der Waals surface area contributed by atoms with Gasteiger partial charge >= 0.3 is 0 Å². The summed E-state index contributed by atoms with van der Waals surface area (Å²) in [6, 6.07) is 0.